The standard InChI is InChI=1S/C14H16N4O/c1-15-13-10-17-8-5-12(13)14(19)18-9-4-11-2-6-16-7-3-11/h2-3,5-8,10,15H,4,9H2,1H3,(H,18,19). The fourth-order valence-corrected chi connectivity index (χ4v) is 1.76. The maximum atomic E-state index is 12.0. The number of rotatable bonds is 5. The smallest absolute Gasteiger partial charge is 0.253 e. The summed E-state index contributed by atoms with van der Waals surface area (Å²) in [5, 5.41) is 5.85. The van der Waals surface area contributed by atoms with Crippen LogP contribution in [0, 0.1) is 0 Å². The van der Waals surface area contributed by atoms with Gasteiger partial charge in [0, 0.05) is 32.2 Å². The molecule has 0 fully saturated rings. The number of carbonyl (C=O) groups is 1. The second kappa shape index (κ2) is 6.49. The molecule has 0 spiro atoms. The average molecular weight is 256 g/mol. The quantitative estimate of drug-likeness (QED) is 0.850. The van der Waals surface area contributed by atoms with Crippen LogP contribution in [-0.2, 0) is 6.42 Å². The van der Waals surface area contributed by atoms with Gasteiger partial charge in [-0.3, -0.25) is 14.8 Å². The molecule has 0 bridgehead atoms. The maximum Gasteiger partial charge on any atom is 0.253 e. The molecule has 19 heavy (non-hydrogen) atoms. The van der Waals surface area contributed by atoms with Crippen LogP contribution in [0.1, 0.15) is 15.9 Å². The molecule has 2 aromatic heterocycles. The summed E-state index contributed by atoms with van der Waals surface area (Å²) >= 11 is 0. The first-order valence-electron chi connectivity index (χ1n) is 6.10. The molecule has 2 rings (SSSR count). The Kier molecular flexibility index (Phi) is 4.44. The third-order valence-electron chi connectivity index (χ3n) is 2.78. The van der Waals surface area contributed by atoms with Gasteiger partial charge < -0.3 is 10.6 Å². The molecule has 2 N–H and O–H groups in total. The lowest BCUT2D eigenvalue weighted by Gasteiger charge is -2.09. The van der Waals surface area contributed by atoms with Gasteiger partial charge in [-0.2, -0.15) is 0 Å². The number of pyridine rings is 2. The van der Waals surface area contributed by atoms with E-state index in [0.29, 0.717) is 12.1 Å². The Morgan fingerprint density at radius 3 is 2.63 bits per heavy atom. The number of hydrogen-bond donors (Lipinski definition) is 2. The van der Waals surface area contributed by atoms with Gasteiger partial charge in [-0.05, 0) is 30.2 Å². The van der Waals surface area contributed by atoms with Crippen LogP contribution in [0.2, 0.25) is 0 Å². The van der Waals surface area contributed by atoms with Gasteiger partial charge in [-0.1, -0.05) is 0 Å². The zero-order valence-corrected chi connectivity index (χ0v) is 10.8. The lowest BCUT2D eigenvalue weighted by atomic mass is 10.2. The van der Waals surface area contributed by atoms with Crippen molar-refractivity contribution < 1.29 is 4.79 Å². The molecular weight excluding hydrogens is 240 g/mol. The van der Waals surface area contributed by atoms with E-state index in [9.17, 15) is 4.79 Å². The van der Waals surface area contributed by atoms with Crippen molar-refractivity contribution in [1.29, 1.82) is 0 Å². The zero-order chi connectivity index (χ0) is 13.5. The van der Waals surface area contributed by atoms with Gasteiger partial charge in [0.25, 0.3) is 5.91 Å². The molecule has 0 unspecified atom stereocenters. The zero-order valence-electron chi connectivity index (χ0n) is 10.8. The average Bonchev–Trinajstić information content (AvgIpc) is 2.48. The van der Waals surface area contributed by atoms with E-state index in [1.165, 1.54) is 0 Å². The topological polar surface area (TPSA) is 66.9 Å². The molecule has 0 radical (unpaired) electrons. The predicted molar refractivity (Wildman–Crippen MR) is 74.1 cm³/mol. The number of anilines is 1. The highest BCUT2D eigenvalue weighted by Crippen LogP contribution is 2.11. The second-order valence-corrected chi connectivity index (χ2v) is 4.03. The summed E-state index contributed by atoms with van der Waals surface area (Å²) in [4.78, 5) is 20.0. The molecule has 0 atom stereocenters. The van der Waals surface area contributed by atoms with Crippen LogP contribution in [0.4, 0.5) is 5.69 Å². The van der Waals surface area contributed by atoms with Crippen molar-refractivity contribution >= 4 is 11.6 Å². The van der Waals surface area contributed by atoms with Gasteiger partial charge in [0.05, 0.1) is 17.4 Å². The third kappa shape index (κ3) is 3.51. The van der Waals surface area contributed by atoms with Gasteiger partial charge in [-0.15, -0.1) is 0 Å². The van der Waals surface area contributed by atoms with E-state index in [4.69, 9.17) is 0 Å². The fraction of sp³-hybridized carbons (Fsp3) is 0.214. The summed E-state index contributed by atoms with van der Waals surface area (Å²) in [6.45, 7) is 0.592. The van der Waals surface area contributed by atoms with E-state index in [0.717, 1.165) is 17.7 Å². The minimum Gasteiger partial charge on any atom is -0.386 e. The molecule has 0 aliphatic carbocycles. The molecule has 0 saturated carbocycles. The second-order valence-electron chi connectivity index (χ2n) is 4.03. The minimum atomic E-state index is -0.0965. The van der Waals surface area contributed by atoms with Gasteiger partial charge in [-0.25, -0.2) is 0 Å². The number of nitrogens with zero attached hydrogens (tertiary/aromatic N) is 2. The molecule has 0 aromatic carbocycles. The minimum absolute atomic E-state index is 0.0965. The van der Waals surface area contributed by atoms with Gasteiger partial charge in [0.1, 0.15) is 0 Å². The highest BCUT2D eigenvalue weighted by molar-refractivity contribution is 5.99. The Hall–Kier alpha value is -2.43. The van der Waals surface area contributed by atoms with Crippen molar-refractivity contribution in [3.63, 3.8) is 0 Å². The van der Waals surface area contributed by atoms with Gasteiger partial charge >= 0.3 is 0 Å². The Morgan fingerprint density at radius 1 is 1.16 bits per heavy atom. The lowest BCUT2D eigenvalue weighted by molar-refractivity contribution is 0.0955. The van der Waals surface area contributed by atoms with Crippen molar-refractivity contribution in [2.24, 2.45) is 0 Å². The molecule has 0 aliphatic rings. The summed E-state index contributed by atoms with van der Waals surface area (Å²) < 4.78 is 0. The van der Waals surface area contributed by atoms with Crippen LogP contribution in [0.25, 0.3) is 0 Å². The predicted octanol–water partition coefficient (Wildman–Crippen LogP) is 1.49. The number of hydrogen-bond acceptors (Lipinski definition) is 4. The normalized spacial score (nSPS) is 9.95. The van der Waals surface area contributed by atoms with Crippen LogP contribution in [0.15, 0.2) is 43.0 Å². The Bertz CT molecular complexity index is 542. The van der Waals surface area contributed by atoms with Crippen LogP contribution < -0.4 is 10.6 Å². The highest BCUT2D eigenvalue weighted by atomic mass is 16.1. The van der Waals surface area contributed by atoms with Crippen LogP contribution >= 0.6 is 0 Å². The van der Waals surface area contributed by atoms with Crippen molar-refractivity contribution in [2.45, 2.75) is 6.42 Å². The van der Waals surface area contributed by atoms with E-state index in [2.05, 4.69) is 20.6 Å². The molecule has 2 aromatic rings. The van der Waals surface area contributed by atoms with Crippen molar-refractivity contribution in [2.75, 3.05) is 18.9 Å². The van der Waals surface area contributed by atoms with E-state index in [1.807, 2.05) is 12.1 Å². The summed E-state index contributed by atoms with van der Waals surface area (Å²) in [6, 6.07) is 5.59. The Morgan fingerprint density at radius 2 is 1.89 bits per heavy atom. The summed E-state index contributed by atoms with van der Waals surface area (Å²) in [7, 11) is 1.77. The highest BCUT2D eigenvalue weighted by Gasteiger charge is 2.09. The molecule has 5 heteroatoms. The Balaban J connectivity index is 1.91. The number of carbonyl (C=O) groups excluding carboxylic acids is 1. The Labute approximate surface area is 112 Å². The van der Waals surface area contributed by atoms with E-state index < -0.39 is 0 Å². The molecule has 2 heterocycles. The first-order valence-corrected chi connectivity index (χ1v) is 6.10. The summed E-state index contributed by atoms with van der Waals surface area (Å²) in [6.07, 6.45) is 7.53. The van der Waals surface area contributed by atoms with Crippen LogP contribution in [0.5, 0.6) is 0 Å². The number of amides is 1. The summed E-state index contributed by atoms with van der Waals surface area (Å²) in [5.74, 6) is -0.0965. The van der Waals surface area contributed by atoms with Crippen LogP contribution in [0.3, 0.4) is 0 Å². The first-order chi connectivity index (χ1) is 9.31. The largest absolute Gasteiger partial charge is 0.386 e. The molecular formula is C14H16N4O. The maximum absolute atomic E-state index is 12.0. The van der Waals surface area contributed by atoms with Gasteiger partial charge in [0.15, 0.2) is 0 Å². The van der Waals surface area contributed by atoms with Crippen molar-refractivity contribution in [3.8, 4) is 0 Å². The van der Waals surface area contributed by atoms with E-state index in [-0.39, 0.29) is 5.91 Å². The molecule has 5 nitrogen and oxygen atoms in total. The van der Waals surface area contributed by atoms with Gasteiger partial charge in [0.2, 0.25) is 0 Å². The molecule has 0 saturated heterocycles. The van der Waals surface area contributed by atoms with E-state index in [1.54, 1.807) is 37.9 Å². The fourth-order valence-electron chi connectivity index (χ4n) is 1.76. The van der Waals surface area contributed by atoms with Crippen LogP contribution in [-0.4, -0.2) is 29.5 Å². The number of aromatic nitrogens is 2. The molecule has 0 aliphatic heterocycles. The molecule has 98 valence electrons. The van der Waals surface area contributed by atoms with Crippen molar-refractivity contribution in [3.05, 3.63) is 54.1 Å². The first kappa shape index (κ1) is 13.0. The third-order valence-corrected chi connectivity index (χ3v) is 2.78. The monoisotopic (exact) mass is 256 g/mol. The van der Waals surface area contributed by atoms with Crippen molar-refractivity contribution in [1.82, 2.24) is 15.3 Å². The molecule has 1 amide bonds. The summed E-state index contributed by atoms with van der Waals surface area (Å²) in [5.41, 5.74) is 2.48. The van der Waals surface area contributed by atoms with E-state index >= 15 is 0 Å². The SMILES string of the molecule is CNc1cnccc1C(=O)NCCc1ccncc1. The lowest BCUT2D eigenvalue weighted by Crippen LogP contribution is -2.26. The number of nitrogens with one attached hydrogen (secondary N) is 2.